The number of ether oxygens (including phenoxy) is 1. The van der Waals surface area contributed by atoms with E-state index in [9.17, 15) is 4.79 Å². The van der Waals surface area contributed by atoms with Crippen molar-refractivity contribution in [1.82, 2.24) is 0 Å². The lowest BCUT2D eigenvalue weighted by atomic mass is 9.95. The van der Waals surface area contributed by atoms with Crippen molar-refractivity contribution in [2.45, 2.75) is 47.0 Å². The van der Waals surface area contributed by atoms with E-state index in [0.717, 1.165) is 6.42 Å². The SMILES string of the molecule is C/C=C\C1=C(CC)C(COC(C)=O)c2ccccc21.CC. The zero-order valence-electron chi connectivity index (χ0n) is 13.8. The first-order chi connectivity index (χ1) is 10.2. The molecule has 1 unspecified atom stereocenters. The van der Waals surface area contributed by atoms with E-state index >= 15 is 0 Å². The fourth-order valence-electron chi connectivity index (χ4n) is 2.79. The third-order valence-electron chi connectivity index (χ3n) is 3.56. The van der Waals surface area contributed by atoms with Crippen LogP contribution in [0.5, 0.6) is 0 Å². The Morgan fingerprint density at radius 1 is 1.29 bits per heavy atom. The summed E-state index contributed by atoms with van der Waals surface area (Å²) in [6.45, 7) is 10.1. The van der Waals surface area contributed by atoms with E-state index in [1.54, 1.807) is 0 Å². The molecule has 0 radical (unpaired) electrons. The molecule has 0 heterocycles. The highest BCUT2D eigenvalue weighted by Gasteiger charge is 2.29. The number of fused-ring (bicyclic) bond motifs is 1. The second-order valence-electron chi connectivity index (χ2n) is 4.73. The molecule has 21 heavy (non-hydrogen) atoms. The van der Waals surface area contributed by atoms with Crippen molar-refractivity contribution in [3.8, 4) is 0 Å². The van der Waals surface area contributed by atoms with E-state index in [1.165, 1.54) is 29.2 Å². The Balaban J connectivity index is 0.00000106. The Hall–Kier alpha value is -1.83. The summed E-state index contributed by atoms with van der Waals surface area (Å²) in [6, 6.07) is 8.39. The number of hydrogen-bond donors (Lipinski definition) is 0. The van der Waals surface area contributed by atoms with Crippen LogP contribution in [0.3, 0.4) is 0 Å². The molecule has 1 aromatic carbocycles. The Bertz CT molecular complexity index is 538. The molecule has 0 aromatic heterocycles. The molecule has 2 nitrogen and oxygen atoms in total. The van der Waals surface area contributed by atoms with Crippen LogP contribution in [0, 0.1) is 0 Å². The van der Waals surface area contributed by atoms with Crippen molar-refractivity contribution in [1.29, 1.82) is 0 Å². The van der Waals surface area contributed by atoms with Crippen LogP contribution in [0.25, 0.3) is 5.57 Å². The molecule has 2 rings (SSSR count). The van der Waals surface area contributed by atoms with Gasteiger partial charge in [0.05, 0.1) is 0 Å². The molecule has 1 aromatic rings. The molecule has 0 N–H and O–H groups in total. The third kappa shape index (κ3) is 3.84. The molecule has 0 saturated heterocycles. The Kier molecular flexibility index (Phi) is 6.93. The second-order valence-corrected chi connectivity index (χ2v) is 4.73. The zero-order valence-corrected chi connectivity index (χ0v) is 13.8. The van der Waals surface area contributed by atoms with Gasteiger partial charge in [0.2, 0.25) is 0 Å². The first kappa shape index (κ1) is 17.2. The van der Waals surface area contributed by atoms with E-state index in [0.29, 0.717) is 6.61 Å². The number of allylic oxidation sites excluding steroid dienone is 3. The predicted molar refractivity (Wildman–Crippen MR) is 89.2 cm³/mol. The minimum Gasteiger partial charge on any atom is -0.465 e. The van der Waals surface area contributed by atoms with Gasteiger partial charge in [0.15, 0.2) is 0 Å². The van der Waals surface area contributed by atoms with Gasteiger partial charge in [0.1, 0.15) is 6.61 Å². The van der Waals surface area contributed by atoms with Crippen molar-refractivity contribution < 1.29 is 9.53 Å². The molecule has 1 aliphatic rings. The van der Waals surface area contributed by atoms with E-state index in [2.05, 4.69) is 37.3 Å². The van der Waals surface area contributed by atoms with Gasteiger partial charge < -0.3 is 4.74 Å². The fourth-order valence-corrected chi connectivity index (χ4v) is 2.79. The van der Waals surface area contributed by atoms with Crippen LogP contribution in [0.2, 0.25) is 0 Å². The number of hydrogen-bond acceptors (Lipinski definition) is 2. The lowest BCUT2D eigenvalue weighted by Crippen LogP contribution is -2.11. The zero-order chi connectivity index (χ0) is 15.8. The van der Waals surface area contributed by atoms with Gasteiger partial charge in [0.25, 0.3) is 0 Å². The predicted octanol–water partition coefficient (Wildman–Crippen LogP) is 5.11. The molecule has 0 spiro atoms. The maximum absolute atomic E-state index is 11.1. The largest absolute Gasteiger partial charge is 0.465 e. The molecule has 0 fully saturated rings. The summed E-state index contributed by atoms with van der Waals surface area (Å²) >= 11 is 0. The Labute approximate surface area is 128 Å². The summed E-state index contributed by atoms with van der Waals surface area (Å²) in [4.78, 5) is 11.1. The van der Waals surface area contributed by atoms with Gasteiger partial charge >= 0.3 is 5.97 Å². The van der Waals surface area contributed by atoms with Crippen molar-refractivity contribution in [2.24, 2.45) is 0 Å². The monoisotopic (exact) mass is 286 g/mol. The maximum atomic E-state index is 11.1. The molecule has 2 heteroatoms. The van der Waals surface area contributed by atoms with Gasteiger partial charge in [0, 0.05) is 12.8 Å². The summed E-state index contributed by atoms with van der Waals surface area (Å²) < 4.78 is 5.24. The van der Waals surface area contributed by atoms with Crippen LogP contribution in [-0.4, -0.2) is 12.6 Å². The molecular weight excluding hydrogens is 260 g/mol. The topological polar surface area (TPSA) is 26.3 Å². The maximum Gasteiger partial charge on any atom is 0.302 e. The van der Waals surface area contributed by atoms with Crippen molar-refractivity contribution in [2.75, 3.05) is 6.61 Å². The fraction of sp³-hybridized carbons (Fsp3) is 0.421. The van der Waals surface area contributed by atoms with Crippen LogP contribution >= 0.6 is 0 Å². The van der Waals surface area contributed by atoms with Gasteiger partial charge in [-0.1, -0.05) is 62.8 Å². The number of rotatable bonds is 4. The first-order valence-corrected chi connectivity index (χ1v) is 7.77. The number of benzene rings is 1. The quantitative estimate of drug-likeness (QED) is 0.719. The highest BCUT2D eigenvalue weighted by molar-refractivity contribution is 5.84. The molecular formula is C19H26O2. The average molecular weight is 286 g/mol. The van der Waals surface area contributed by atoms with Gasteiger partial charge in [-0.2, -0.15) is 0 Å². The van der Waals surface area contributed by atoms with Crippen molar-refractivity contribution in [3.05, 3.63) is 53.1 Å². The molecule has 0 saturated carbocycles. The summed E-state index contributed by atoms with van der Waals surface area (Å²) in [5.74, 6) is -0.0104. The average Bonchev–Trinajstić information content (AvgIpc) is 2.81. The van der Waals surface area contributed by atoms with Crippen LogP contribution in [0.1, 0.15) is 58.1 Å². The minimum absolute atomic E-state index is 0.205. The number of esters is 1. The van der Waals surface area contributed by atoms with Crippen molar-refractivity contribution in [3.63, 3.8) is 0 Å². The van der Waals surface area contributed by atoms with Gasteiger partial charge in [-0.3, -0.25) is 4.79 Å². The van der Waals surface area contributed by atoms with E-state index < -0.39 is 0 Å². The van der Waals surface area contributed by atoms with Gasteiger partial charge in [-0.15, -0.1) is 0 Å². The Morgan fingerprint density at radius 2 is 1.95 bits per heavy atom. The lowest BCUT2D eigenvalue weighted by molar-refractivity contribution is -0.141. The van der Waals surface area contributed by atoms with E-state index in [-0.39, 0.29) is 11.9 Å². The minimum atomic E-state index is -0.215. The summed E-state index contributed by atoms with van der Waals surface area (Å²) in [6.07, 6.45) is 5.20. The molecule has 1 atom stereocenters. The smallest absolute Gasteiger partial charge is 0.302 e. The first-order valence-electron chi connectivity index (χ1n) is 7.77. The molecule has 0 aliphatic heterocycles. The van der Waals surface area contributed by atoms with Gasteiger partial charge in [-0.05, 0) is 30.0 Å². The lowest BCUT2D eigenvalue weighted by Gasteiger charge is -2.15. The van der Waals surface area contributed by atoms with Crippen LogP contribution in [-0.2, 0) is 9.53 Å². The van der Waals surface area contributed by atoms with Crippen LogP contribution in [0.4, 0.5) is 0 Å². The number of carbonyl (C=O) groups is 1. The number of carbonyl (C=O) groups excluding carboxylic acids is 1. The Morgan fingerprint density at radius 3 is 2.52 bits per heavy atom. The summed E-state index contributed by atoms with van der Waals surface area (Å²) in [7, 11) is 0. The van der Waals surface area contributed by atoms with E-state index in [1.807, 2.05) is 26.8 Å². The van der Waals surface area contributed by atoms with Crippen LogP contribution in [0.15, 0.2) is 42.0 Å². The molecule has 114 valence electrons. The molecule has 1 aliphatic carbocycles. The van der Waals surface area contributed by atoms with Gasteiger partial charge in [-0.25, -0.2) is 0 Å². The molecule has 0 amide bonds. The standard InChI is InChI=1S/C17H20O2.C2H6/c1-4-8-14-13(5-2)17(11-19-12(3)18)16-10-7-6-9-15(14)16;1-2/h4,6-10,17H,5,11H2,1-3H3;1-2H3/b8-4-;. The second kappa shape index (κ2) is 8.46. The van der Waals surface area contributed by atoms with Crippen LogP contribution < -0.4 is 0 Å². The summed E-state index contributed by atoms with van der Waals surface area (Å²) in [5, 5.41) is 0. The molecule has 0 bridgehead atoms. The highest BCUT2D eigenvalue weighted by Crippen LogP contribution is 2.43. The normalized spacial score (nSPS) is 16.5. The van der Waals surface area contributed by atoms with E-state index in [4.69, 9.17) is 4.74 Å². The highest BCUT2D eigenvalue weighted by atomic mass is 16.5. The van der Waals surface area contributed by atoms with Crippen molar-refractivity contribution >= 4 is 11.5 Å². The third-order valence-corrected chi connectivity index (χ3v) is 3.56. The summed E-state index contributed by atoms with van der Waals surface area (Å²) in [5.41, 5.74) is 5.20.